The molecule has 0 unspecified atom stereocenters. The maximum atomic E-state index is 12.8. The van der Waals surface area contributed by atoms with Crippen molar-refractivity contribution in [3.05, 3.63) is 50.4 Å². The number of fused-ring (bicyclic) bond motifs is 1. The number of aryl methyl sites for hydroxylation is 2. The molecule has 2 fully saturated rings. The Morgan fingerprint density at radius 2 is 1.72 bits per heavy atom. The maximum Gasteiger partial charge on any atom is 0.293 e. The molecule has 1 saturated carbocycles. The molecule has 7 heteroatoms. The summed E-state index contributed by atoms with van der Waals surface area (Å²) in [5.41, 5.74) is 2.31. The monoisotopic (exact) mass is 395 g/mol. The van der Waals surface area contributed by atoms with E-state index < -0.39 is 0 Å². The third-order valence-corrected chi connectivity index (χ3v) is 6.67. The SMILES string of the molecule is O=c1c(N2CCC(Cn3nc4c(cc3=O)CCCC4)CC2)nccn1CC1CC1. The van der Waals surface area contributed by atoms with E-state index in [0.717, 1.165) is 63.0 Å². The topological polar surface area (TPSA) is 73.0 Å². The third-order valence-electron chi connectivity index (χ3n) is 6.67. The lowest BCUT2D eigenvalue weighted by Gasteiger charge is -2.32. The highest BCUT2D eigenvalue weighted by molar-refractivity contribution is 5.36. The Balaban J connectivity index is 1.24. The van der Waals surface area contributed by atoms with Gasteiger partial charge in [0.15, 0.2) is 5.82 Å². The Bertz CT molecular complexity index is 999. The van der Waals surface area contributed by atoms with Gasteiger partial charge >= 0.3 is 0 Å². The summed E-state index contributed by atoms with van der Waals surface area (Å²) in [6.45, 7) is 3.10. The molecule has 5 rings (SSSR count). The van der Waals surface area contributed by atoms with Gasteiger partial charge in [0.1, 0.15) is 0 Å². The highest BCUT2D eigenvalue weighted by Gasteiger charge is 2.26. The van der Waals surface area contributed by atoms with Crippen molar-refractivity contribution in [1.29, 1.82) is 0 Å². The highest BCUT2D eigenvalue weighted by Crippen LogP contribution is 2.30. The van der Waals surface area contributed by atoms with Gasteiger partial charge in [0.05, 0.1) is 5.69 Å². The molecule has 29 heavy (non-hydrogen) atoms. The lowest BCUT2D eigenvalue weighted by atomic mass is 9.96. The fraction of sp³-hybridized carbons (Fsp3) is 0.636. The molecule has 2 aromatic rings. The van der Waals surface area contributed by atoms with E-state index in [9.17, 15) is 9.59 Å². The predicted molar refractivity (Wildman–Crippen MR) is 111 cm³/mol. The van der Waals surface area contributed by atoms with Crippen LogP contribution in [0.25, 0.3) is 0 Å². The summed E-state index contributed by atoms with van der Waals surface area (Å²) in [5.74, 6) is 1.65. The normalized spacial score (nSPS) is 19.9. The highest BCUT2D eigenvalue weighted by atomic mass is 16.1. The Kier molecular flexibility index (Phi) is 4.97. The summed E-state index contributed by atoms with van der Waals surface area (Å²) < 4.78 is 3.50. The number of anilines is 1. The quantitative estimate of drug-likeness (QED) is 0.774. The molecule has 1 aliphatic heterocycles. The number of nitrogens with zero attached hydrogens (tertiary/aromatic N) is 5. The van der Waals surface area contributed by atoms with E-state index in [1.165, 1.54) is 19.3 Å². The molecule has 3 heterocycles. The molecule has 0 aromatic carbocycles. The van der Waals surface area contributed by atoms with Gasteiger partial charge < -0.3 is 9.47 Å². The van der Waals surface area contributed by atoms with Gasteiger partial charge in [-0.05, 0) is 68.8 Å². The zero-order valence-corrected chi connectivity index (χ0v) is 16.9. The van der Waals surface area contributed by atoms with E-state index in [1.54, 1.807) is 16.9 Å². The first-order chi connectivity index (χ1) is 14.2. The maximum absolute atomic E-state index is 12.8. The van der Waals surface area contributed by atoms with Gasteiger partial charge in [-0.1, -0.05) is 0 Å². The Hall–Kier alpha value is -2.44. The molecule has 2 aliphatic carbocycles. The van der Waals surface area contributed by atoms with Crippen molar-refractivity contribution in [1.82, 2.24) is 19.3 Å². The summed E-state index contributed by atoms with van der Waals surface area (Å²) in [5, 5.41) is 4.67. The van der Waals surface area contributed by atoms with E-state index in [2.05, 4.69) is 15.0 Å². The minimum atomic E-state index is 0.0285. The van der Waals surface area contributed by atoms with Gasteiger partial charge in [0.2, 0.25) is 0 Å². The minimum absolute atomic E-state index is 0.0285. The van der Waals surface area contributed by atoms with Crippen LogP contribution in [-0.4, -0.2) is 32.4 Å². The van der Waals surface area contributed by atoms with Crippen LogP contribution in [0, 0.1) is 11.8 Å². The average molecular weight is 396 g/mol. The van der Waals surface area contributed by atoms with Crippen molar-refractivity contribution in [3.63, 3.8) is 0 Å². The van der Waals surface area contributed by atoms with Crippen molar-refractivity contribution in [2.24, 2.45) is 11.8 Å². The summed E-state index contributed by atoms with van der Waals surface area (Å²) in [7, 11) is 0. The van der Waals surface area contributed by atoms with Crippen LogP contribution in [0.3, 0.4) is 0 Å². The third kappa shape index (κ3) is 4.00. The lowest BCUT2D eigenvalue weighted by Crippen LogP contribution is -2.41. The number of rotatable bonds is 5. The van der Waals surface area contributed by atoms with Crippen LogP contribution in [0.15, 0.2) is 28.0 Å². The molecule has 3 aliphatic rings. The van der Waals surface area contributed by atoms with Crippen LogP contribution >= 0.6 is 0 Å². The van der Waals surface area contributed by atoms with Gasteiger partial charge in [-0.3, -0.25) is 9.59 Å². The van der Waals surface area contributed by atoms with Gasteiger partial charge in [-0.15, -0.1) is 0 Å². The van der Waals surface area contributed by atoms with Crippen LogP contribution in [-0.2, 0) is 25.9 Å². The molecule has 0 N–H and O–H groups in total. The van der Waals surface area contributed by atoms with Crippen molar-refractivity contribution in [3.8, 4) is 0 Å². The molecule has 0 spiro atoms. The van der Waals surface area contributed by atoms with Gasteiger partial charge in [0, 0.05) is 44.6 Å². The smallest absolute Gasteiger partial charge is 0.293 e. The standard InChI is InChI=1S/C22H29N5O2/c28-20-13-18-3-1-2-4-19(18)24-27(20)15-17-7-10-25(11-8-17)21-22(29)26(12-9-23-21)14-16-5-6-16/h9,12-13,16-17H,1-8,10-11,14-15H2. The van der Waals surface area contributed by atoms with Crippen molar-refractivity contribution in [2.45, 2.75) is 64.5 Å². The molecule has 7 nitrogen and oxygen atoms in total. The van der Waals surface area contributed by atoms with Crippen LogP contribution in [0.5, 0.6) is 0 Å². The number of hydrogen-bond acceptors (Lipinski definition) is 5. The largest absolute Gasteiger partial charge is 0.352 e. The molecule has 154 valence electrons. The van der Waals surface area contributed by atoms with E-state index in [-0.39, 0.29) is 11.1 Å². The van der Waals surface area contributed by atoms with E-state index in [0.29, 0.717) is 24.2 Å². The van der Waals surface area contributed by atoms with E-state index in [1.807, 2.05) is 10.8 Å². The molecule has 0 atom stereocenters. The first-order valence-corrected chi connectivity index (χ1v) is 11.1. The first kappa shape index (κ1) is 18.6. The Labute approximate surface area is 170 Å². The molecule has 2 aromatic heterocycles. The van der Waals surface area contributed by atoms with E-state index in [4.69, 9.17) is 0 Å². The van der Waals surface area contributed by atoms with Gasteiger partial charge in [-0.25, -0.2) is 9.67 Å². The van der Waals surface area contributed by atoms with Crippen LogP contribution < -0.4 is 16.0 Å². The zero-order chi connectivity index (χ0) is 19.8. The predicted octanol–water partition coefficient (Wildman–Crippen LogP) is 2.01. The number of piperidine rings is 1. The molecule has 0 amide bonds. The average Bonchev–Trinajstić information content (AvgIpc) is 3.55. The Morgan fingerprint density at radius 1 is 0.966 bits per heavy atom. The van der Waals surface area contributed by atoms with E-state index >= 15 is 0 Å². The summed E-state index contributed by atoms with van der Waals surface area (Å²) in [6, 6.07) is 1.80. The van der Waals surface area contributed by atoms with Crippen molar-refractivity contribution < 1.29 is 0 Å². The fourth-order valence-corrected chi connectivity index (χ4v) is 4.68. The second-order valence-corrected chi connectivity index (χ2v) is 8.93. The summed E-state index contributed by atoms with van der Waals surface area (Å²) >= 11 is 0. The molecular formula is C22H29N5O2. The van der Waals surface area contributed by atoms with Gasteiger partial charge in [0.25, 0.3) is 11.1 Å². The Morgan fingerprint density at radius 3 is 2.52 bits per heavy atom. The zero-order valence-electron chi connectivity index (χ0n) is 16.9. The second kappa shape index (κ2) is 7.76. The summed E-state index contributed by atoms with van der Waals surface area (Å²) in [6.07, 6.45) is 12.2. The first-order valence-electron chi connectivity index (χ1n) is 11.1. The summed E-state index contributed by atoms with van der Waals surface area (Å²) in [4.78, 5) is 31.8. The second-order valence-electron chi connectivity index (χ2n) is 8.93. The minimum Gasteiger partial charge on any atom is -0.352 e. The van der Waals surface area contributed by atoms with Gasteiger partial charge in [-0.2, -0.15) is 5.10 Å². The fourth-order valence-electron chi connectivity index (χ4n) is 4.68. The van der Waals surface area contributed by atoms with Crippen LogP contribution in [0.1, 0.15) is 49.8 Å². The van der Waals surface area contributed by atoms with Crippen molar-refractivity contribution >= 4 is 5.82 Å². The van der Waals surface area contributed by atoms with Crippen molar-refractivity contribution in [2.75, 3.05) is 18.0 Å². The molecule has 0 radical (unpaired) electrons. The van der Waals surface area contributed by atoms with Crippen LogP contribution in [0.4, 0.5) is 5.82 Å². The number of hydrogen-bond donors (Lipinski definition) is 0. The molecule has 1 saturated heterocycles. The number of aromatic nitrogens is 4. The lowest BCUT2D eigenvalue weighted by molar-refractivity contribution is 0.331. The molecular weight excluding hydrogens is 366 g/mol. The molecule has 0 bridgehead atoms. The van der Waals surface area contributed by atoms with Crippen LogP contribution in [0.2, 0.25) is 0 Å².